The van der Waals surface area contributed by atoms with E-state index in [4.69, 9.17) is 15.6 Å². The summed E-state index contributed by atoms with van der Waals surface area (Å²) in [5.41, 5.74) is 0.578. The summed E-state index contributed by atoms with van der Waals surface area (Å²) < 4.78 is 38.4. The van der Waals surface area contributed by atoms with Gasteiger partial charge in [-0.2, -0.15) is 0 Å². The maximum Gasteiger partial charge on any atom is 0.261 e. The van der Waals surface area contributed by atoms with Crippen molar-refractivity contribution in [1.82, 2.24) is 4.90 Å². The van der Waals surface area contributed by atoms with Gasteiger partial charge in [0.05, 0.1) is 31.4 Å². The zero-order chi connectivity index (χ0) is 21.6. The van der Waals surface area contributed by atoms with Gasteiger partial charge in [0, 0.05) is 11.3 Å². The average molecular weight is 424 g/mol. The van der Waals surface area contributed by atoms with Gasteiger partial charge in [-0.05, 0) is 54.6 Å². The van der Waals surface area contributed by atoms with Gasteiger partial charge >= 0.3 is 0 Å². The molecule has 1 aromatic heterocycles. The second-order valence-electron chi connectivity index (χ2n) is 6.31. The molecule has 0 spiro atoms. The van der Waals surface area contributed by atoms with Crippen LogP contribution in [0.1, 0.15) is 16.1 Å². The standard InChI is InChI=1S/C22H20N2O5S/c1-3-13-24(16-20-7-5-14-29-20)22(25)17-6-4-8-21(15-17)30(26,27)23-18-9-11-19(28-2)12-10-18/h1,4-12,14-15,23H,13,16H2,2H3. The van der Waals surface area contributed by atoms with Gasteiger partial charge in [-0.15, -0.1) is 6.42 Å². The predicted molar refractivity (Wildman–Crippen MR) is 113 cm³/mol. The molecule has 3 aromatic rings. The minimum atomic E-state index is -3.90. The molecule has 0 aliphatic carbocycles. The van der Waals surface area contributed by atoms with Crippen LogP contribution < -0.4 is 9.46 Å². The minimum absolute atomic E-state index is 0.0391. The van der Waals surface area contributed by atoms with Crippen LogP contribution in [0.3, 0.4) is 0 Å². The average Bonchev–Trinajstić information content (AvgIpc) is 3.26. The molecular weight excluding hydrogens is 404 g/mol. The Morgan fingerprint density at radius 3 is 2.57 bits per heavy atom. The number of hydrogen-bond acceptors (Lipinski definition) is 5. The van der Waals surface area contributed by atoms with Gasteiger partial charge in [-0.1, -0.05) is 12.0 Å². The van der Waals surface area contributed by atoms with E-state index in [1.807, 2.05) is 0 Å². The van der Waals surface area contributed by atoms with Crippen molar-refractivity contribution in [3.63, 3.8) is 0 Å². The molecular formula is C22H20N2O5S. The number of terminal acetylenes is 1. The molecule has 0 fully saturated rings. The summed E-state index contributed by atoms with van der Waals surface area (Å²) >= 11 is 0. The van der Waals surface area contributed by atoms with E-state index in [1.54, 1.807) is 42.5 Å². The number of rotatable bonds is 8. The number of amides is 1. The summed E-state index contributed by atoms with van der Waals surface area (Å²) in [7, 11) is -2.37. The number of nitrogens with zero attached hydrogens (tertiary/aromatic N) is 1. The number of nitrogens with one attached hydrogen (secondary N) is 1. The highest BCUT2D eigenvalue weighted by molar-refractivity contribution is 7.92. The molecule has 7 nitrogen and oxygen atoms in total. The molecule has 1 N–H and O–H groups in total. The van der Waals surface area contributed by atoms with Gasteiger partial charge < -0.3 is 14.1 Å². The largest absolute Gasteiger partial charge is 0.497 e. The second-order valence-corrected chi connectivity index (χ2v) is 7.99. The molecule has 3 rings (SSSR count). The lowest BCUT2D eigenvalue weighted by atomic mass is 10.2. The molecule has 8 heteroatoms. The summed E-state index contributed by atoms with van der Waals surface area (Å²) in [4.78, 5) is 14.3. The van der Waals surface area contributed by atoms with Crippen molar-refractivity contribution in [3.8, 4) is 18.1 Å². The molecule has 1 heterocycles. The summed E-state index contributed by atoms with van der Waals surface area (Å²) in [6.45, 7) is 0.234. The quantitative estimate of drug-likeness (QED) is 0.560. The lowest BCUT2D eigenvalue weighted by Crippen LogP contribution is -2.31. The number of methoxy groups -OCH3 is 1. The Morgan fingerprint density at radius 2 is 1.93 bits per heavy atom. The first-order valence-corrected chi connectivity index (χ1v) is 10.4. The van der Waals surface area contributed by atoms with E-state index in [1.165, 1.54) is 36.5 Å². The maximum atomic E-state index is 12.9. The van der Waals surface area contributed by atoms with Crippen molar-refractivity contribution in [2.75, 3.05) is 18.4 Å². The third-order valence-electron chi connectivity index (χ3n) is 4.23. The van der Waals surface area contributed by atoms with Gasteiger partial charge in [-0.25, -0.2) is 8.42 Å². The first-order chi connectivity index (χ1) is 14.4. The lowest BCUT2D eigenvalue weighted by molar-refractivity contribution is 0.0755. The molecule has 0 atom stereocenters. The third kappa shape index (κ3) is 5.01. The first-order valence-electron chi connectivity index (χ1n) is 8.95. The number of ether oxygens (including phenoxy) is 1. The Bertz CT molecular complexity index is 1150. The smallest absolute Gasteiger partial charge is 0.261 e. The van der Waals surface area contributed by atoms with Crippen molar-refractivity contribution < 1.29 is 22.4 Å². The third-order valence-corrected chi connectivity index (χ3v) is 5.61. The van der Waals surface area contributed by atoms with E-state index in [2.05, 4.69) is 10.6 Å². The highest BCUT2D eigenvalue weighted by atomic mass is 32.2. The van der Waals surface area contributed by atoms with E-state index in [-0.39, 0.29) is 23.5 Å². The van der Waals surface area contributed by atoms with Crippen molar-refractivity contribution in [3.05, 3.63) is 78.3 Å². The monoisotopic (exact) mass is 424 g/mol. The SMILES string of the molecule is C#CCN(Cc1ccco1)C(=O)c1cccc(S(=O)(=O)Nc2ccc(OC)cc2)c1. The van der Waals surface area contributed by atoms with Crippen LogP contribution in [-0.4, -0.2) is 32.9 Å². The van der Waals surface area contributed by atoms with Crippen LogP contribution in [0.25, 0.3) is 0 Å². The Hall–Kier alpha value is -3.70. The van der Waals surface area contributed by atoms with Gasteiger partial charge in [0.25, 0.3) is 15.9 Å². The predicted octanol–water partition coefficient (Wildman–Crippen LogP) is 3.36. The number of anilines is 1. The number of furan rings is 1. The fraction of sp³-hybridized carbons (Fsp3) is 0.136. The highest BCUT2D eigenvalue weighted by Gasteiger charge is 2.20. The Balaban J connectivity index is 1.82. The van der Waals surface area contributed by atoms with E-state index in [0.717, 1.165) is 0 Å². The normalized spacial score (nSPS) is 10.8. The van der Waals surface area contributed by atoms with Crippen molar-refractivity contribution >= 4 is 21.6 Å². The summed E-state index contributed by atoms with van der Waals surface area (Å²) in [5, 5.41) is 0. The molecule has 0 saturated heterocycles. The molecule has 1 amide bonds. The summed E-state index contributed by atoms with van der Waals surface area (Å²) in [5.74, 6) is 3.22. The molecule has 0 aliphatic heterocycles. The van der Waals surface area contributed by atoms with E-state index >= 15 is 0 Å². The number of benzene rings is 2. The van der Waals surface area contributed by atoms with Crippen LogP contribution in [0, 0.1) is 12.3 Å². The molecule has 0 bridgehead atoms. The fourth-order valence-electron chi connectivity index (χ4n) is 2.75. The fourth-order valence-corrected chi connectivity index (χ4v) is 3.86. The van der Waals surface area contributed by atoms with Crippen molar-refractivity contribution in [1.29, 1.82) is 0 Å². The van der Waals surface area contributed by atoms with Gasteiger partial charge in [0.1, 0.15) is 11.5 Å². The van der Waals surface area contributed by atoms with Crippen LogP contribution in [0.15, 0.2) is 76.2 Å². The summed E-state index contributed by atoms with van der Waals surface area (Å²) in [6, 6.07) is 15.7. The van der Waals surface area contributed by atoms with Crippen molar-refractivity contribution in [2.24, 2.45) is 0 Å². The Kier molecular flexibility index (Phi) is 6.45. The van der Waals surface area contributed by atoms with Crippen LogP contribution in [-0.2, 0) is 16.6 Å². The Morgan fingerprint density at radius 1 is 1.17 bits per heavy atom. The second kappa shape index (κ2) is 9.20. The van der Waals surface area contributed by atoms with E-state index in [0.29, 0.717) is 17.2 Å². The number of sulfonamides is 1. The van der Waals surface area contributed by atoms with Gasteiger partial charge in [0.2, 0.25) is 0 Å². The molecule has 30 heavy (non-hydrogen) atoms. The van der Waals surface area contributed by atoms with Crippen LogP contribution >= 0.6 is 0 Å². The molecule has 2 aromatic carbocycles. The van der Waals surface area contributed by atoms with E-state index in [9.17, 15) is 13.2 Å². The minimum Gasteiger partial charge on any atom is -0.497 e. The number of carbonyl (C=O) groups is 1. The zero-order valence-corrected chi connectivity index (χ0v) is 17.1. The molecule has 0 aliphatic rings. The molecule has 0 unspecified atom stereocenters. The highest BCUT2D eigenvalue weighted by Crippen LogP contribution is 2.21. The van der Waals surface area contributed by atoms with Gasteiger partial charge in [-0.3, -0.25) is 9.52 Å². The van der Waals surface area contributed by atoms with Crippen LogP contribution in [0.4, 0.5) is 5.69 Å². The topological polar surface area (TPSA) is 88.9 Å². The van der Waals surface area contributed by atoms with Crippen LogP contribution in [0.2, 0.25) is 0 Å². The summed E-state index contributed by atoms with van der Waals surface area (Å²) in [6.07, 6.45) is 6.90. The Labute approximate surface area is 175 Å². The molecule has 154 valence electrons. The first kappa shape index (κ1) is 21.0. The van der Waals surface area contributed by atoms with Gasteiger partial charge in [0.15, 0.2) is 0 Å². The molecule has 0 radical (unpaired) electrons. The van der Waals surface area contributed by atoms with Crippen LogP contribution in [0.5, 0.6) is 5.75 Å². The van der Waals surface area contributed by atoms with E-state index < -0.39 is 15.9 Å². The zero-order valence-electron chi connectivity index (χ0n) is 16.2. The maximum absolute atomic E-state index is 12.9. The molecule has 0 saturated carbocycles. The lowest BCUT2D eigenvalue weighted by Gasteiger charge is -2.19. The number of carbonyl (C=O) groups excluding carboxylic acids is 1. The van der Waals surface area contributed by atoms with Crippen molar-refractivity contribution in [2.45, 2.75) is 11.4 Å². The number of hydrogen-bond donors (Lipinski definition) is 1.